The number of rotatable bonds is 5. The second-order valence-electron chi connectivity index (χ2n) is 5.09. The summed E-state index contributed by atoms with van der Waals surface area (Å²) >= 11 is 0. The van der Waals surface area contributed by atoms with Gasteiger partial charge in [0.05, 0.1) is 25.2 Å². The molecule has 1 saturated heterocycles. The highest BCUT2D eigenvalue weighted by molar-refractivity contribution is 5.98. The minimum atomic E-state index is -0.0955. The first-order valence-corrected chi connectivity index (χ1v) is 6.67. The Kier molecular flexibility index (Phi) is 4.56. The number of carbonyl (C=O) groups excluding carboxylic acids is 1. The van der Waals surface area contributed by atoms with Crippen LogP contribution in [0, 0.1) is 5.92 Å². The first-order valence-electron chi connectivity index (χ1n) is 6.67. The number of nitrogens with one attached hydrogen (secondary N) is 1. The quantitative estimate of drug-likeness (QED) is 0.824. The van der Waals surface area contributed by atoms with Gasteiger partial charge in [-0.3, -0.25) is 4.79 Å². The van der Waals surface area contributed by atoms with Crippen molar-refractivity contribution in [2.24, 2.45) is 5.92 Å². The standard InChI is InChI=1S/C15H21NO3/c1-10(2)19-12-6-4-11(5-7-12)15(17)13-8-18-9-14(13)16-3/h4-7,10,13-14,16H,8-9H2,1-3H3. The van der Waals surface area contributed by atoms with Crippen LogP contribution in [0.2, 0.25) is 0 Å². The lowest BCUT2D eigenvalue weighted by molar-refractivity contribution is 0.0892. The second kappa shape index (κ2) is 6.17. The van der Waals surface area contributed by atoms with Crippen molar-refractivity contribution in [2.45, 2.75) is 26.0 Å². The topological polar surface area (TPSA) is 47.6 Å². The van der Waals surface area contributed by atoms with Crippen LogP contribution >= 0.6 is 0 Å². The Morgan fingerprint density at radius 3 is 2.58 bits per heavy atom. The van der Waals surface area contributed by atoms with Crippen LogP contribution in [0.15, 0.2) is 24.3 Å². The van der Waals surface area contributed by atoms with Crippen LogP contribution in [0.5, 0.6) is 5.75 Å². The van der Waals surface area contributed by atoms with Gasteiger partial charge >= 0.3 is 0 Å². The summed E-state index contributed by atoms with van der Waals surface area (Å²) in [6.07, 6.45) is 0.137. The summed E-state index contributed by atoms with van der Waals surface area (Å²) in [6, 6.07) is 7.45. The number of hydrogen-bond donors (Lipinski definition) is 1. The summed E-state index contributed by atoms with van der Waals surface area (Å²) in [7, 11) is 1.86. The lowest BCUT2D eigenvalue weighted by Gasteiger charge is -2.16. The molecule has 0 radical (unpaired) electrons. The third-order valence-corrected chi connectivity index (χ3v) is 3.30. The number of ketones is 1. The molecule has 0 spiro atoms. The maximum atomic E-state index is 12.4. The van der Waals surface area contributed by atoms with Gasteiger partial charge in [-0.1, -0.05) is 0 Å². The fraction of sp³-hybridized carbons (Fsp3) is 0.533. The van der Waals surface area contributed by atoms with Crippen LogP contribution in [0.25, 0.3) is 0 Å². The molecule has 1 aromatic rings. The Morgan fingerprint density at radius 1 is 1.32 bits per heavy atom. The lowest BCUT2D eigenvalue weighted by Crippen LogP contribution is -2.36. The van der Waals surface area contributed by atoms with Gasteiger partial charge in [-0.15, -0.1) is 0 Å². The van der Waals surface area contributed by atoms with Gasteiger partial charge in [0.15, 0.2) is 5.78 Å². The highest BCUT2D eigenvalue weighted by Gasteiger charge is 2.33. The number of hydrogen-bond acceptors (Lipinski definition) is 4. The molecule has 4 heteroatoms. The van der Waals surface area contributed by atoms with Crippen LogP contribution in [-0.2, 0) is 4.74 Å². The molecule has 0 bridgehead atoms. The van der Waals surface area contributed by atoms with E-state index >= 15 is 0 Å². The fourth-order valence-electron chi connectivity index (χ4n) is 2.28. The second-order valence-corrected chi connectivity index (χ2v) is 5.09. The van der Waals surface area contributed by atoms with E-state index in [4.69, 9.17) is 9.47 Å². The van der Waals surface area contributed by atoms with Crippen LogP contribution in [0.3, 0.4) is 0 Å². The number of carbonyl (C=O) groups is 1. The maximum absolute atomic E-state index is 12.4. The fourth-order valence-corrected chi connectivity index (χ4v) is 2.28. The van der Waals surface area contributed by atoms with E-state index in [2.05, 4.69) is 5.32 Å². The molecule has 1 N–H and O–H groups in total. The van der Waals surface area contributed by atoms with Gasteiger partial charge in [-0.05, 0) is 45.2 Å². The summed E-state index contributed by atoms with van der Waals surface area (Å²) < 4.78 is 10.9. The molecule has 1 heterocycles. The van der Waals surface area contributed by atoms with Gasteiger partial charge in [-0.25, -0.2) is 0 Å². The van der Waals surface area contributed by atoms with Gasteiger partial charge in [0.2, 0.25) is 0 Å². The van der Waals surface area contributed by atoms with Crippen molar-refractivity contribution in [2.75, 3.05) is 20.3 Å². The van der Waals surface area contributed by atoms with Gasteiger partial charge in [0, 0.05) is 11.6 Å². The van der Waals surface area contributed by atoms with Gasteiger partial charge in [0.1, 0.15) is 5.75 Å². The Bertz CT molecular complexity index is 428. The van der Waals surface area contributed by atoms with Crippen molar-refractivity contribution in [1.82, 2.24) is 5.32 Å². The zero-order valence-corrected chi connectivity index (χ0v) is 11.7. The minimum absolute atomic E-state index is 0.0955. The van der Waals surface area contributed by atoms with E-state index in [-0.39, 0.29) is 23.8 Å². The van der Waals surface area contributed by atoms with Crippen molar-refractivity contribution in [3.8, 4) is 5.75 Å². The van der Waals surface area contributed by atoms with Gasteiger partial charge in [0.25, 0.3) is 0 Å². The van der Waals surface area contributed by atoms with Crippen molar-refractivity contribution in [1.29, 1.82) is 0 Å². The normalized spacial score (nSPS) is 22.7. The van der Waals surface area contributed by atoms with E-state index < -0.39 is 0 Å². The summed E-state index contributed by atoms with van der Waals surface area (Å²) in [6.45, 7) is 5.05. The molecule has 2 unspecified atom stereocenters. The average molecular weight is 263 g/mol. The van der Waals surface area contributed by atoms with E-state index in [0.717, 1.165) is 5.75 Å². The molecular weight excluding hydrogens is 242 g/mol. The monoisotopic (exact) mass is 263 g/mol. The molecule has 0 amide bonds. The summed E-state index contributed by atoms with van der Waals surface area (Å²) in [4.78, 5) is 12.4. The van der Waals surface area contributed by atoms with Crippen molar-refractivity contribution in [3.63, 3.8) is 0 Å². The van der Waals surface area contributed by atoms with Crippen molar-refractivity contribution in [3.05, 3.63) is 29.8 Å². The first kappa shape index (κ1) is 14.0. The molecule has 19 heavy (non-hydrogen) atoms. The summed E-state index contributed by atoms with van der Waals surface area (Å²) in [5.41, 5.74) is 0.715. The van der Waals surface area contributed by atoms with E-state index in [9.17, 15) is 4.79 Å². The number of ether oxygens (including phenoxy) is 2. The minimum Gasteiger partial charge on any atom is -0.491 e. The molecule has 0 saturated carbocycles. The predicted molar refractivity (Wildman–Crippen MR) is 73.7 cm³/mol. The Hall–Kier alpha value is -1.39. The molecule has 104 valence electrons. The van der Waals surface area contributed by atoms with E-state index in [1.165, 1.54) is 0 Å². The van der Waals surface area contributed by atoms with Crippen molar-refractivity contribution >= 4 is 5.78 Å². The number of benzene rings is 1. The third-order valence-electron chi connectivity index (χ3n) is 3.30. The van der Waals surface area contributed by atoms with Crippen molar-refractivity contribution < 1.29 is 14.3 Å². The predicted octanol–water partition coefficient (Wildman–Crippen LogP) is 1.89. The highest BCUT2D eigenvalue weighted by Crippen LogP contribution is 2.21. The maximum Gasteiger partial charge on any atom is 0.169 e. The zero-order chi connectivity index (χ0) is 13.8. The van der Waals surface area contributed by atoms with E-state index in [0.29, 0.717) is 18.8 Å². The molecule has 0 aliphatic carbocycles. The van der Waals surface area contributed by atoms with E-state index in [1.807, 2.05) is 45.2 Å². The molecule has 1 aliphatic heterocycles. The van der Waals surface area contributed by atoms with Crippen LogP contribution in [0.1, 0.15) is 24.2 Å². The van der Waals surface area contributed by atoms with Crippen LogP contribution < -0.4 is 10.1 Å². The Balaban J connectivity index is 2.07. The largest absolute Gasteiger partial charge is 0.491 e. The zero-order valence-electron chi connectivity index (χ0n) is 11.7. The number of likely N-dealkylation sites (N-methyl/N-ethyl adjacent to an activating group) is 1. The Labute approximate surface area is 114 Å². The molecular formula is C15H21NO3. The number of Topliss-reactive ketones (excluding diaryl/α,β-unsaturated/α-hetero) is 1. The van der Waals surface area contributed by atoms with Crippen LogP contribution in [-0.4, -0.2) is 38.2 Å². The lowest BCUT2D eigenvalue weighted by atomic mass is 9.93. The van der Waals surface area contributed by atoms with E-state index in [1.54, 1.807) is 0 Å². The molecule has 2 rings (SSSR count). The summed E-state index contributed by atoms with van der Waals surface area (Å²) in [5, 5.41) is 3.13. The smallest absolute Gasteiger partial charge is 0.169 e. The molecule has 2 atom stereocenters. The first-order chi connectivity index (χ1) is 9.11. The SMILES string of the molecule is CNC1COCC1C(=O)c1ccc(OC(C)C)cc1. The van der Waals surface area contributed by atoms with Gasteiger partial charge < -0.3 is 14.8 Å². The van der Waals surface area contributed by atoms with Crippen LogP contribution in [0.4, 0.5) is 0 Å². The molecule has 0 aromatic heterocycles. The average Bonchev–Trinajstić information content (AvgIpc) is 2.86. The molecule has 1 fully saturated rings. The molecule has 1 aromatic carbocycles. The van der Waals surface area contributed by atoms with Gasteiger partial charge in [-0.2, -0.15) is 0 Å². The third kappa shape index (κ3) is 3.33. The Morgan fingerprint density at radius 2 is 2.00 bits per heavy atom. The molecule has 4 nitrogen and oxygen atoms in total. The molecule has 1 aliphatic rings. The summed E-state index contributed by atoms with van der Waals surface area (Å²) in [5.74, 6) is 0.828. The highest BCUT2D eigenvalue weighted by atomic mass is 16.5.